The number of aryl methyl sites for hydroxylation is 1. The van der Waals surface area contributed by atoms with Gasteiger partial charge in [0.2, 0.25) is 0 Å². The molecule has 0 spiro atoms. The monoisotopic (exact) mass is 285 g/mol. The molecule has 0 saturated carbocycles. The minimum Gasteiger partial charge on any atom is -0.476 e. The van der Waals surface area contributed by atoms with Crippen molar-refractivity contribution in [1.29, 1.82) is 0 Å². The second-order valence-corrected chi connectivity index (χ2v) is 4.43. The highest BCUT2D eigenvalue weighted by molar-refractivity contribution is 5.92. The Morgan fingerprint density at radius 1 is 1.48 bits per heavy atom. The number of carbonyl (C=O) groups is 1. The second-order valence-electron chi connectivity index (χ2n) is 4.43. The largest absolute Gasteiger partial charge is 0.476 e. The molecule has 3 aromatic heterocycles. The van der Waals surface area contributed by atoms with Gasteiger partial charge in [-0.25, -0.2) is 9.48 Å². The van der Waals surface area contributed by atoms with E-state index in [1.165, 1.54) is 4.68 Å². The fourth-order valence-electron chi connectivity index (χ4n) is 1.99. The van der Waals surface area contributed by atoms with Crippen LogP contribution in [0.2, 0.25) is 0 Å². The summed E-state index contributed by atoms with van der Waals surface area (Å²) in [5, 5.41) is 20.6. The molecule has 0 aliphatic heterocycles. The van der Waals surface area contributed by atoms with Gasteiger partial charge in [0, 0.05) is 24.0 Å². The van der Waals surface area contributed by atoms with Crippen LogP contribution < -0.4 is 0 Å². The van der Waals surface area contributed by atoms with Gasteiger partial charge in [-0.05, 0) is 19.1 Å². The third-order valence-electron chi connectivity index (χ3n) is 2.86. The van der Waals surface area contributed by atoms with Crippen molar-refractivity contribution >= 4 is 5.97 Å². The van der Waals surface area contributed by atoms with Crippen LogP contribution in [0.5, 0.6) is 0 Å². The van der Waals surface area contributed by atoms with Gasteiger partial charge in [-0.3, -0.25) is 4.98 Å². The van der Waals surface area contributed by atoms with Crippen LogP contribution in [0.3, 0.4) is 0 Å². The van der Waals surface area contributed by atoms with Crippen molar-refractivity contribution in [3.05, 3.63) is 47.7 Å². The molecule has 3 rings (SSSR count). The molecule has 0 radical (unpaired) electrons. The van der Waals surface area contributed by atoms with Crippen LogP contribution in [-0.2, 0) is 6.54 Å². The maximum atomic E-state index is 11.3. The third kappa shape index (κ3) is 2.50. The summed E-state index contributed by atoms with van der Waals surface area (Å²) in [6, 6.07) is 5.23. The number of hydrogen-bond donors (Lipinski definition) is 1. The smallest absolute Gasteiger partial charge is 0.358 e. The number of hydrogen-bond acceptors (Lipinski definition) is 6. The SMILES string of the molecule is Cc1cc(Cn2nnc(C(=O)O)c2-c2cccnc2)on1. The molecule has 0 saturated heterocycles. The molecule has 0 aliphatic carbocycles. The molecule has 0 aromatic carbocycles. The lowest BCUT2D eigenvalue weighted by Crippen LogP contribution is -2.05. The fraction of sp³-hybridized carbons (Fsp3) is 0.154. The highest BCUT2D eigenvalue weighted by Gasteiger charge is 2.21. The van der Waals surface area contributed by atoms with Gasteiger partial charge in [-0.2, -0.15) is 0 Å². The Morgan fingerprint density at radius 3 is 2.95 bits per heavy atom. The van der Waals surface area contributed by atoms with Gasteiger partial charge in [0.1, 0.15) is 12.2 Å². The van der Waals surface area contributed by atoms with Gasteiger partial charge in [-0.15, -0.1) is 5.10 Å². The number of carboxylic acid groups (broad SMARTS) is 1. The normalized spacial score (nSPS) is 10.7. The maximum absolute atomic E-state index is 11.3. The van der Waals surface area contributed by atoms with Crippen LogP contribution in [0.4, 0.5) is 0 Å². The van der Waals surface area contributed by atoms with E-state index >= 15 is 0 Å². The minimum absolute atomic E-state index is 0.126. The van der Waals surface area contributed by atoms with E-state index in [0.717, 1.165) is 5.69 Å². The van der Waals surface area contributed by atoms with Crippen molar-refractivity contribution < 1.29 is 14.4 Å². The number of pyridine rings is 1. The topological polar surface area (TPSA) is 107 Å². The van der Waals surface area contributed by atoms with E-state index in [9.17, 15) is 9.90 Å². The zero-order valence-electron chi connectivity index (χ0n) is 11.1. The quantitative estimate of drug-likeness (QED) is 0.771. The van der Waals surface area contributed by atoms with Crippen LogP contribution >= 0.6 is 0 Å². The molecule has 106 valence electrons. The zero-order chi connectivity index (χ0) is 14.8. The molecule has 8 nitrogen and oxygen atoms in total. The highest BCUT2D eigenvalue weighted by atomic mass is 16.5. The van der Waals surface area contributed by atoms with Crippen LogP contribution in [0, 0.1) is 6.92 Å². The van der Waals surface area contributed by atoms with Crippen LogP contribution in [0.15, 0.2) is 35.1 Å². The first-order valence-electron chi connectivity index (χ1n) is 6.14. The number of aromatic nitrogens is 5. The van der Waals surface area contributed by atoms with E-state index in [0.29, 0.717) is 17.0 Å². The second kappa shape index (κ2) is 5.16. The predicted molar refractivity (Wildman–Crippen MR) is 70.6 cm³/mol. The molecule has 0 aliphatic rings. The minimum atomic E-state index is -1.14. The van der Waals surface area contributed by atoms with Gasteiger partial charge < -0.3 is 9.63 Å². The fourth-order valence-corrected chi connectivity index (χ4v) is 1.99. The summed E-state index contributed by atoms with van der Waals surface area (Å²) in [5.74, 6) is -0.576. The van der Waals surface area contributed by atoms with Crippen LogP contribution in [0.1, 0.15) is 21.9 Å². The van der Waals surface area contributed by atoms with E-state index < -0.39 is 5.97 Å². The summed E-state index contributed by atoms with van der Waals surface area (Å²) in [5.41, 5.74) is 1.62. The first kappa shape index (κ1) is 13.0. The number of rotatable bonds is 4. The van der Waals surface area contributed by atoms with E-state index in [2.05, 4.69) is 20.5 Å². The van der Waals surface area contributed by atoms with Crippen molar-refractivity contribution in [2.75, 3.05) is 0 Å². The molecule has 21 heavy (non-hydrogen) atoms. The van der Waals surface area contributed by atoms with Crippen molar-refractivity contribution in [2.24, 2.45) is 0 Å². The van der Waals surface area contributed by atoms with Gasteiger partial charge >= 0.3 is 5.97 Å². The lowest BCUT2D eigenvalue weighted by atomic mass is 10.1. The van der Waals surface area contributed by atoms with Crippen molar-refractivity contribution in [3.8, 4) is 11.3 Å². The Labute approximate surface area is 119 Å². The average Bonchev–Trinajstić information content (AvgIpc) is 3.07. The van der Waals surface area contributed by atoms with Gasteiger partial charge in [-0.1, -0.05) is 10.4 Å². The molecule has 3 aromatic rings. The summed E-state index contributed by atoms with van der Waals surface area (Å²) in [6.07, 6.45) is 3.17. The summed E-state index contributed by atoms with van der Waals surface area (Å²) in [4.78, 5) is 15.3. The highest BCUT2D eigenvalue weighted by Crippen LogP contribution is 2.22. The molecule has 0 fully saturated rings. The zero-order valence-corrected chi connectivity index (χ0v) is 11.1. The Kier molecular flexibility index (Phi) is 3.19. The summed E-state index contributed by atoms with van der Waals surface area (Å²) >= 11 is 0. The number of nitrogens with zero attached hydrogens (tertiary/aromatic N) is 5. The van der Waals surface area contributed by atoms with E-state index in [-0.39, 0.29) is 12.2 Å². The summed E-state index contributed by atoms with van der Waals surface area (Å²) in [6.45, 7) is 2.05. The molecule has 0 amide bonds. The Morgan fingerprint density at radius 2 is 2.33 bits per heavy atom. The average molecular weight is 285 g/mol. The summed E-state index contributed by atoms with van der Waals surface area (Å²) in [7, 11) is 0. The number of carboxylic acids is 1. The molecule has 3 heterocycles. The Bertz CT molecular complexity index is 778. The molecular formula is C13H11N5O3. The standard InChI is InChI=1S/C13H11N5O3/c1-8-5-10(21-16-8)7-18-12(9-3-2-4-14-6-9)11(13(19)20)15-17-18/h2-6H,7H2,1H3,(H,19,20). The van der Waals surface area contributed by atoms with Gasteiger partial charge in [0.15, 0.2) is 11.5 Å². The molecule has 8 heteroatoms. The van der Waals surface area contributed by atoms with E-state index in [1.54, 1.807) is 37.5 Å². The maximum Gasteiger partial charge on any atom is 0.358 e. The van der Waals surface area contributed by atoms with Crippen LogP contribution in [0.25, 0.3) is 11.3 Å². The Balaban J connectivity index is 2.07. The molecule has 0 bridgehead atoms. The lowest BCUT2D eigenvalue weighted by molar-refractivity contribution is 0.0691. The van der Waals surface area contributed by atoms with E-state index in [4.69, 9.17) is 4.52 Å². The number of aromatic carboxylic acids is 1. The van der Waals surface area contributed by atoms with Crippen LogP contribution in [-0.4, -0.2) is 36.2 Å². The third-order valence-corrected chi connectivity index (χ3v) is 2.86. The van der Waals surface area contributed by atoms with Gasteiger partial charge in [0.25, 0.3) is 0 Å². The van der Waals surface area contributed by atoms with Crippen molar-refractivity contribution in [2.45, 2.75) is 13.5 Å². The first-order chi connectivity index (χ1) is 10.1. The van der Waals surface area contributed by atoms with Gasteiger partial charge in [0.05, 0.1) is 5.69 Å². The molecular weight excluding hydrogens is 274 g/mol. The molecule has 1 N–H and O–H groups in total. The van der Waals surface area contributed by atoms with Crippen molar-refractivity contribution in [3.63, 3.8) is 0 Å². The molecule has 0 atom stereocenters. The first-order valence-corrected chi connectivity index (χ1v) is 6.14. The Hall–Kier alpha value is -3.03. The lowest BCUT2D eigenvalue weighted by Gasteiger charge is -2.04. The molecule has 0 unspecified atom stereocenters. The summed E-state index contributed by atoms with van der Waals surface area (Å²) < 4.78 is 6.59. The predicted octanol–water partition coefficient (Wildman–Crippen LogP) is 1.38. The van der Waals surface area contributed by atoms with E-state index in [1.807, 2.05) is 0 Å². The van der Waals surface area contributed by atoms with Crippen molar-refractivity contribution in [1.82, 2.24) is 25.1 Å².